The maximum Gasteiger partial charge on any atom is 0.248 e. The number of carbonyl (C=O) groups is 1. The summed E-state index contributed by atoms with van der Waals surface area (Å²) < 4.78 is 0. The molecule has 0 unspecified atom stereocenters. The lowest BCUT2D eigenvalue weighted by atomic mass is 10.1. The van der Waals surface area contributed by atoms with Gasteiger partial charge in [0.25, 0.3) is 0 Å². The third-order valence-corrected chi connectivity index (χ3v) is 2.74. The lowest BCUT2D eigenvalue weighted by molar-refractivity contribution is -0.127. The zero-order valence-corrected chi connectivity index (χ0v) is 9.51. The SMILES string of the molecule is CN1N=C(c2ccc(Cl)cc2Cl)CC1=O. The van der Waals surface area contributed by atoms with Gasteiger partial charge in [-0.3, -0.25) is 4.79 Å². The smallest absolute Gasteiger partial charge is 0.248 e. The fourth-order valence-electron chi connectivity index (χ4n) is 1.40. The number of hydrazone groups is 1. The minimum atomic E-state index is -0.0315. The van der Waals surface area contributed by atoms with Crippen LogP contribution in [0.3, 0.4) is 0 Å². The highest BCUT2D eigenvalue weighted by atomic mass is 35.5. The molecule has 1 heterocycles. The summed E-state index contributed by atoms with van der Waals surface area (Å²) in [5.41, 5.74) is 1.45. The summed E-state index contributed by atoms with van der Waals surface area (Å²) in [7, 11) is 1.62. The van der Waals surface area contributed by atoms with E-state index in [1.807, 2.05) is 0 Å². The molecule has 0 saturated carbocycles. The van der Waals surface area contributed by atoms with Crippen LogP contribution in [0.25, 0.3) is 0 Å². The number of hydrogen-bond donors (Lipinski definition) is 0. The number of halogens is 2. The summed E-state index contributed by atoms with van der Waals surface area (Å²) in [5.74, 6) is -0.0315. The average Bonchev–Trinajstić information content (AvgIpc) is 2.46. The van der Waals surface area contributed by atoms with Crippen LogP contribution in [0.5, 0.6) is 0 Å². The third kappa shape index (κ3) is 1.98. The molecule has 2 rings (SSSR count). The highest BCUT2D eigenvalue weighted by molar-refractivity contribution is 6.37. The van der Waals surface area contributed by atoms with E-state index in [1.54, 1.807) is 25.2 Å². The van der Waals surface area contributed by atoms with Crippen LogP contribution in [-0.2, 0) is 4.79 Å². The van der Waals surface area contributed by atoms with Crippen LogP contribution >= 0.6 is 23.2 Å². The van der Waals surface area contributed by atoms with Crippen molar-refractivity contribution in [1.82, 2.24) is 5.01 Å². The molecule has 1 aliphatic heterocycles. The Bertz CT molecular complexity index is 457. The van der Waals surface area contributed by atoms with Gasteiger partial charge in [0.1, 0.15) is 0 Å². The van der Waals surface area contributed by atoms with Gasteiger partial charge in [0.05, 0.1) is 17.2 Å². The number of benzene rings is 1. The zero-order valence-electron chi connectivity index (χ0n) is 8.00. The van der Waals surface area contributed by atoms with E-state index >= 15 is 0 Å². The van der Waals surface area contributed by atoms with Crippen molar-refractivity contribution in [3.63, 3.8) is 0 Å². The molecule has 0 fully saturated rings. The van der Waals surface area contributed by atoms with Crippen molar-refractivity contribution in [2.24, 2.45) is 5.10 Å². The van der Waals surface area contributed by atoms with Crippen molar-refractivity contribution < 1.29 is 4.79 Å². The molecule has 1 aromatic rings. The molecule has 15 heavy (non-hydrogen) atoms. The van der Waals surface area contributed by atoms with Crippen LogP contribution in [0.2, 0.25) is 10.0 Å². The number of nitrogens with zero attached hydrogens (tertiary/aromatic N) is 2. The first-order valence-electron chi connectivity index (χ1n) is 4.37. The van der Waals surface area contributed by atoms with Gasteiger partial charge in [-0.05, 0) is 12.1 Å². The maximum absolute atomic E-state index is 11.3. The van der Waals surface area contributed by atoms with E-state index in [1.165, 1.54) is 5.01 Å². The van der Waals surface area contributed by atoms with Gasteiger partial charge in [0.2, 0.25) is 5.91 Å². The van der Waals surface area contributed by atoms with E-state index in [2.05, 4.69) is 5.10 Å². The Morgan fingerprint density at radius 1 is 1.40 bits per heavy atom. The number of hydrogen-bond acceptors (Lipinski definition) is 2. The molecule has 0 aromatic heterocycles. The highest BCUT2D eigenvalue weighted by Gasteiger charge is 2.22. The van der Waals surface area contributed by atoms with Crippen molar-refractivity contribution in [1.29, 1.82) is 0 Å². The minimum absolute atomic E-state index is 0.0315. The second kappa shape index (κ2) is 3.83. The van der Waals surface area contributed by atoms with Crippen LogP contribution in [0.4, 0.5) is 0 Å². The number of amides is 1. The molecule has 3 nitrogen and oxygen atoms in total. The Hall–Kier alpha value is -1.06. The van der Waals surface area contributed by atoms with Crippen molar-refractivity contribution in [2.75, 3.05) is 7.05 Å². The van der Waals surface area contributed by atoms with Crippen molar-refractivity contribution in [2.45, 2.75) is 6.42 Å². The van der Waals surface area contributed by atoms with Crippen LogP contribution < -0.4 is 0 Å². The van der Waals surface area contributed by atoms with E-state index in [9.17, 15) is 4.79 Å². The predicted molar refractivity (Wildman–Crippen MR) is 60.4 cm³/mol. The first-order valence-corrected chi connectivity index (χ1v) is 5.13. The Morgan fingerprint density at radius 3 is 2.67 bits per heavy atom. The van der Waals surface area contributed by atoms with Crippen LogP contribution in [-0.4, -0.2) is 23.7 Å². The van der Waals surface area contributed by atoms with Gasteiger partial charge >= 0.3 is 0 Å². The van der Waals surface area contributed by atoms with Crippen LogP contribution in [0.1, 0.15) is 12.0 Å². The number of rotatable bonds is 1. The average molecular weight is 243 g/mol. The van der Waals surface area contributed by atoms with Crippen LogP contribution in [0.15, 0.2) is 23.3 Å². The quantitative estimate of drug-likeness (QED) is 0.746. The summed E-state index contributed by atoms with van der Waals surface area (Å²) in [6.07, 6.45) is 0.290. The number of carbonyl (C=O) groups excluding carboxylic acids is 1. The summed E-state index contributed by atoms with van der Waals surface area (Å²) in [6.45, 7) is 0. The molecule has 0 N–H and O–H groups in total. The first-order chi connectivity index (χ1) is 7.08. The Balaban J connectivity index is 2.39. The summed E-state index contributed by atoms with van der Waals surface area (Å²) >= 11 is 11.8. The molecule has 0 saturated heterocycles. The van der Waals surface area contributed by atoms with Gasteiger partial charge in [-0.25, -0.2) is 5.01 Å². The van der Waals surface area contributed by atoms with Crippen molar-refractivity contribution >= 4 is 34.8 Å². The van der Waals surface area contributed by atoms with Crippen molar-refractivity contribution in [3.05, 3.63) is 33.8 Å². The van der Waals surface area contributed by atoms with Crippen molar-refractivity contribution in [3.8, 4) is 0 Å². The van der Waals surface area contributed by atoms with E-state index in [4.69, 9.17) is 23.2 Å². The van der Waals surface area contributed by atoms with E-state index in [0.29, 0.717) is 15.8 Å². The molecule has 5 heteroatoms. The highest BCUT2D eigenvalue weighted by Crippen LogP contribution is 2.24. The summed E-state index contributed by atoms with van der Waals surface area (Å²) in [4.78, 5) is 11.3. The van der Waals surface area contributed by atoms with E-state index in [0.717, 1.165) is 5.56 Å². The summed E-state index contributed by atoms with van der Waals surface area (Å²) in [5, 5.41) is 6.51. The standard InChI is InChI=1S/C10H8Cl2N2O/c1-14-10(15)5-9(13-14)7-3-2-6(11)4-8(7)12/h2-4H,5H2,1H3. The molecule has 1 aliphatic rings. The topological polar surface area (TPSA) is 32.7 Å². The molecule has 78 valence electrons. The molecule has 0 bridgehead atoms. The Labute approximate surface area is 97.3 Å². The maximum atomic E-state index is 11.3. The molecule has 1 amide bonds. The second-order valence-electron chi connectivity index (χ2n) is 3.26. The molecule has 0 spiro atoms. The molecule has 0 aliphatic carbocycles. The molecule has 1 aromatic carbocycles. The Morgan fingerprint density at radius 2 is 2.13 bits per heavy atom. The molecule has 0 radical (unpaired) electrons. The Kier molecular flexibility index (Phi) is 2.67. The van der Waals surface area contributed by atoms with Gasteiger partial charge in [-0.15, -0.1) is 0 Å². The predicted octanol–water partition coefficient (Wildman–Crippen LogP) is 2.56. The van der Waals surface area contributed by atoms with Gasteiger partial charge in [0.15, 0.2) is 0 Å². The van der Waals surface area contributed by atoms with Crippen LogP contribution in [0, 0.1) is 0 Å². The lowest BCUT2D eigenvalue weighted by Crippen LogP contribution is -2.14. The van der Waals surface area contributed by atoms with E-state index < -0.39 is 0 Å². The molecular weight excluding hydrogens is 235 g/mol. The van der Waals surface area contributed by atoms with Gasteiger partial charge < -0.3 is 0 Å². The normalized spacial score (nSPS) is 15.8. The van der Waals surface area contributed by atoms with Gasteiger partial charge in [0, 0.05) is 17.6 Å². The monoisotopic (exact) mass is 242 g/mol. The minimum Gasteiger partial charge on any atom is -0.273 e. The van der Waals surface area contributed by atoms with E-state index in [-0.39, 0.29) is 12.3 Å². The zero-order chi connectivity index (χ0) is 11.0. The lowest BCUT2D eigenvalue weighted by Gasteiger charge is -2.02. The second-order valence-corrected chi connectivity index (χ2v) is 4.11. The fourth-order valence-corrected chi connectivity index (χ4v) is 1.92. The molecule has 0 atom stereocenters. The van der Waals surface area contributed by atoms with Gasteiger partial charge in [-0.1, -0.05) is 29.3 Å². The first kappa shape index (κ1) is 10.5. The third-order valence-electron chi connectivity index (χ3n) is 2.19. The fraction of sp³-hybridized carbons (Fsp3) is 0.200. The van der Waals surface area contributed by atoms with Gasteiger partial charge in [-0.2, -0.15) is 5.10 Å². The molecular formula is C10H8Cl2N2O. The largest absolute Gasteiger partial charge is 0.273 e. The summed E-state index contributed by atoms with van der Waals surface area (Å²) in [6, 6.07) is 5.15.